The van der Waals surface area contributed by atoms with Gasteiger partial charge in [-0.05, 0) is 38.5 Å². The van der Waals surface area contributed by atoms with Gasteiger partial charge in [0.25, 0.3) is 0 Å². The van der Waals surface area contributed by atoms with Gasteiger partial charge in [0, 0.05) is 12.8 Å². The molecular formula is C32H60O5. The largest absolute Gasteiger partial charge is 0.463 e. The number of ether oxygens (including phenoxy) is 2. The van der Waals surface area contributed by atoms with Crippen LogP contribution < -0.4 is 0 Å². The number of hydrogen-bond acceptors (Lipinski definition) is 5. The number of aliphatic hydroxyl groups is 1. The maximum atomic E-state index is 11.9. The third kappa shape index (κ3) is 29.1. The maximum Gasteiger partial charge on any atom is 0.305 e. The Morgan fingerprint density at radius 2 is 0.865 bits per heavy atom. The van der Waals surface area contributed by atoms with Crippen molar-refractivity contribution in [3.63, 3.8) is 0 Å². The minimum atomic E-state index is -0.958. The Morgan fingerprint density at radius 1 is 0.541 bits per heavy atom. The van der Waals surface area contributed by atoms with Crippen molar-refractivity contribution in [2.45, 2.75) is 168 Å². The second kappa shape index (κ2) is 29.2. The summed E-state index contributed by atoms with van der Waals surface area (Å²) in [5.74, 6) is -0.577. The zero-order valence-electron chi connectivity index (χ0n) is 24.5. The fraction of sp³-hybridized carbons (Fsp3) is 0.875. The Morgan fingerprint density at radius 3 is 1.24 bits per heavy atom. The van der Waals surface area contributed by atoms with E-state index in [9.17, 15) is 14.7 Å². The van der Waals surface area contributed by atoms with Crippen LogP contribution in [0.1, 0.15) is 162 Å². The molecule has 1 atom stereocenters. The van der Waals surface area contributed by atoms with Gasteiger partial charge in [-0.1, -0.05) is 122 Å². The molecule has 0 rings (SSSR count). The highest BCUT2D eigenvalue weighted by molar-refractivity contribution is 5.69. The van der Waals surface area contributed by atoms with Crippen LogP contribution in [0.4, 0.5) is 0 Å². The molecule has 0 bridgehead atoms. The lowest BCUT2D eigenvalue weighted by Gasteiger charge is -2.12. The lowest BCUT2D eigenvalue weighted by molar-refractivity contribution is -0.152. The summed E-state index contributed by atoms with van der Waals surface area (Å²) in [6.45, 7) is 4.24. The molecule has 5 nitrogen and oxygen atoms in total. The van der Waals surface area contributed by atoms with Gasteiger partial charge in [0.2, 0.25) is 0 Å². The van der Waals surface area contributed by atoms with Gasteiger partial charge in [-0.2, -0.15) is 0 Å². The van der Waals surface area contributed by atoms with E-state index in [-0.39, 0.29) is 25.2 Å². The third-order valence-corrected chi connectivity index (χ3v) is 6.75. The molecule has 0 fully saturated rings. The molecule has 0 aliphatic rings. The SMILES string of the molecule is CCCCCCCC/C=C\CCCCCCCC(=O)OCC(O)COC(=O)CCCCCCCCCC. The molecule has 218 valence electrons. The molecule has 0 aromatic carbocycles. The van der Waals surface area contributed by atoms with Crippen molar-refractivity contribution in [3.8, 4) is 0 Å². The van der Waals surface area contributed by atoms with Crippen LogP contribution in [0.3, 0.4) is 0 Å². The van der Waals surface area contributed by atoms with Crippen molar-refractivity contribution < 1.29 is 24.2 Å². The Balaban J connectivity index is 3.44. The lowest BCUT2D eigenvalue weighted by Crippen LogP contribution is -2.25. The van der Waals surface area contributed by atoms with Crippen LogP contribution in [-0.4, -0.2) is 36.4 Å². The van der Waals surface area contributed by atoms with E-state index in [0.29, 0.717) is 12.8 Å². The fourth-order valence-corrected chi connectivity index (χ4v) is 4.31. The molecule has 37 heavy (non-hydrogen) atoms. The second-order valence-corrected chi connectivity index (χ2v) is 10.6. The van der Waals surface area contributed by atoms with Crippen LogP contribution >= 0.6 is 0 Å². The van der Waals surface area contributed by atoms with Crippen LogP contribution in [-0.2, 0) is 19.1 Å². The normalized spacial score (nSPS) is 12.2. The van der Waals surface area contributed by atoms with Crippen molar-refractivity contribution in [2.75, 3.05) is 13.2 Å². The fourth-order valence-electron chi connectivity index (χ4n) is 4.31. The number of carbonyl (C=O) groups excluding carboxylic acids is 2. The number of unbranched alkanes of at least 4 members (excludes halogenated alkanes) is 18. The molecule has 0 saturated heterocycles. The molecule has 0 amide bonds. The first-order chi connectivity index (χ1) is 18.1. The first kappa shape index (κ1) is 35.6. The van der Waals surface area contributed by atoms with Gasteiger partial charge in [0.15, 0.2) is 0 Å². The van der Waals surface area contributed by atoms with Crippen molar-refractivity contribution in [3.05, 3.63) is 12.2 Å². The molecule has 0 aromatic rings. The predicted molar refractivity (Wildman–Crippen MR) is 155 cm³/mol. The molecule has 0 saturated carbocycles. The smallest absolute Gasteiger partial charge is 0.305 e. The summed E-state index contributed by atoms with van der Waals surface area (Å²) in [7, 11) is 0. The zero-order valence-corrected chi connectivity index (χ0v) is 24.5. The first-order valence-corrected chi connectivity index (χ1v) is 15.7. The number of allylic oxidation sites excluding steroid dienone is 2. The van der Waals surface area contributed by atoms with Crippen LogP contribution in [0.2, 0.25) is 0 Å². The van der Waals surface area contributed by atoms with Crippen LogP contribution in [0.5, 0.6) is 0 Å². The van der Waals surface area contributed by atoms with Gasteiger partial charge in [0.05, 0.1) is 0 Å². The van der Waals surface area contributed by atoms with E-state index in [0.717, 1.165) is 44.9 Å². The summed E-state index contributed by atoms with van der Waals surface area (Å²) >= 11 is 0. The van der Waals surface area contributed by atoms with E-state index < -0.39 is 6.10 Å². The summed E-state index contributed by atoms with van der Waals surface area (Å²) in [4.78, 5) is 23.6. The second-order valence-electron chi connectivity index (χ2n) is 10.6. The molecule has 1 unspecified atom stereocenters. The molecular weight excluding hydrogens is 464 g/mol. The Bertz CT molecular complexity index is 531. The minimum absolute atomic E-state index is 0.115. The minimum Gasteiger partial charge on any atom is -0.463 e. The summed E-state index contributed by atoms with van der Waals surface area (Å²) in [5.41, 5.74) is 0. The molecule has 0 aromatic heterocycles. The summed E-state index contributed by atoms with van der Waals surface area (Å²) < 4.78 is 10.2. The third-order valence-electron chi connectivity index (χ3n) is 6.75. The van der Waals surface area contributed by atoms with Crippen molar-refractivity contribution in [1.29, 1.82) is 0 Å². The molecule has 0 aliphatic carbocycles. The summed E-state index contributed by atoms with van der Waals surface area (Å²) in [6, 6.07) is 0. The summed E-state index contributed by atoms with van der Waals surface area (Å²) in [5, 5.41) is 9.90. The van der Waals surface area contributed by atoms with E-state index in [1.165, 1.54) is 89.9 Å². The quantitative estimate of drug-likeness (QED) is 0.0628. The number of carbonyl (C=O) groups is 2. The van der Waals surface area contributed by atoms with Crippen molar-refractivity contribution in [2.24, 2.45) is 0 Å². The van der Waals surface area contributed by atoms with Crippen LogP contribution in [0.25, 0.3) is 0 Å². The summed E-state index contributed by atoms with van der Waals surface area (Å²) in [6.07, 6.45) is 29.7. The maximum absolute atomic E-state index is 11.9. The highest BCUT2D eigenvalue weighted by atomic mass is 16.6. The molecule has 0 spiro atoms. The topological polar surface area (TPSA) is 72.8 Å². The van der Waals surface area contributed by atoms with E-state index in [1.807, 2.05) is 0 Å². The van der Waals surface area contributed by atoms with Gasteiger partial charge < -0.3 is 14.6 Å². The average Bonchev–Trinajstić information content (AvgIpc) is 2.90. The Labute approximate surface area is 229 Å². The molecule has 0 heterocycles. The number of hydrogen-bond donors (Lipinski definition) is 1. The van der Waals surface area contributed by atoms with Gasteiger partial charge in [-0.15, -0.1) is 0 Å². The Hall–Kier alpha value is -1.36. The lowest BCUT2D eigenvalue weighted by atomic mass is 10.1. The standard InChI is InChI=1S/C32H60O5/c1-3-5-7-9-11-13-14-15-16-17-18-19-21-23-25-27-32(35)37-29-30(33)28-36-31(34)26-24-22-20-12-10-8-6-4-2/h15-16,30,33H,3-14,17-29H2,1-2H3/b16-15-. The number of esters is 2. The van der Waals surface area contributed by atoms with Crippen LogP contribution in [0, 0.1) is 0 Å². The highest BCUT2D eigenvalue weighted by Crippen LogP contribution is 2.11. The van der Waals surface area contributed by atoms with Crippen molar-refractivity contribution in [1.82, 2.24) is 0 Å². The molecule has 0 radical (unpaired) electrons. The highest BCUT2D eigenvalue weighted by Gasteiger charge is 2.12. The van der Waals surface area contributed by atoms with E-state index in [1.54, 1.807) is 0 Å². The van der Waals surface area contributed by atoms with E-state index in [2.05, 4.69) is 26.0 Å². The first-order valence-electron chi connectivity index (χ1n) is 15.7. The van der Waals surface area contributed by atoms with Gasteiger partial charge in [0.1, 0.15) is 19.3 Å². The van der Waals surface area contributed by atoms with Gasteiger partial charge >= 0.3 is 11.9 Å². The van der Waals surface area contributed by atoms with E-state index >= 15 is 0 Å². The number of rotatable bonds is 28. The number of aliphatic hydroxyl groups excluding tert-OH is 1. The van der Waals surface area contributed by atoms with Gasteiger partial charge in [-0.3, -0.25) is 9.59 Å². The van der Waals surface area contributed by atoms with Crippen molar-refractivity contribution >= 4 is 11.9 Å². The molecule has 1 N–H and O–H groups in total. The zero-order chi connectivity index (χ0) is 27.2. The average molecular weight is 525 g/mol. The Kier molecular flexibility index (Phi) is 28.1. The van der Waals surface area contributed by atoms with E-state index in [4.69, 9.17) is 9.47 Å². The molecule has 5 heteroatoms. The molecule has 0 aliphatic heterocycles. The van der Waals surface area contributed by atoms with Gasteiger partial charge in [-0.25, -0.2) is 0 Å². The monoisotopic (exact) mass is 524 g/mol. The van der Waals surface area contributed by atoms with Crippen LogP contribution in [0.15, 0.2) is 12.2 Å². The predicted octanol–water partition coefficient (Wildman–Crippen LogP) is 9.00.